The van der Waals surface area contributed by atoms with Gasteiger partial charge in [0, 0.05) is 64.1 Å². The molecule has 1 aliphatic carbocycles. The number of para-hydroxylation sites is 1. The maximum Gasteiger partial charge on any atom is 0.410 e. The van der Waals surface area contributed by atoms with Gasteiger partial charge in [0.1, 0.15) is 11.4 Å². The van der Waals surface area contributed by atoms with Gasteiger partial charge >= 0.3 is 6.09 Å². The SMILES string of the molecule is COCCCN1CC(CN(C(=O)C2CN(C(=O)OC(C)(C)C)CC[C@@H]2c2cc(OC)cc(-c3ccccc3)c2)C2CC2)c2ccccc21. The number of methoxy groups -OCH3 is 2. The summed E-state index contributed by atoms with van der Waals surface area (Å²) in [6, 6.07) is 25.5. The number of carbonyl (C=O) groups is 2. The molecule has 2 fully saturated rings. The van der Waals surface area contributed by atoms with E-state index in [9.17, 15) is 4.79 Å². The van der Waals surface area contributed by atoms with E-state index in [1.165, 1.54) is 11.3 Å². The summed E-state index contributed by atoms with van der Waals surface area (Å²) in [5.41, 5.74) is 5.18. The Labute approximate surface area is 286 Å². The molecule has 256 valence electrons. The van der Waals surface area contributed by atoms with Crippen molar-refractivity contribution in [1.82, 2.24) is 9.80 Å². The molecule has 0 aromatic heterocycles. The van der Waals surface area contributed by atoms with Gasteiger partial charge in [0.15, 0.2) is 0 Å². The molecule has 3 atom stereocenters. The molecule has 0 N–H and O–H groups in total. The van der Waals surface area contributed by atoms with Crippen LogP contribution in [0.1, 0.15) is 69.4 Å². The minimum absolute atomic E-state index is 0.0728. The number of benzene rings is 3. The molecular formula is C40H51N3O5. The fourth-order valence-electron chi connectivity index (χ4n) is 7.45. The molecule has 3 aromatic rings. The van der Waals surface area contributed by atoms with Crippen molar-refractivity contribution in [1.29, 1.82) is 0 Å². The van der Waals surface area contributed by atoms with Crippen LogP contribution in [0, 0.1) is 5.92 Å². The van der Waals surface area contributed by atoms with Gasteiger partial charge in [-0.05, 0) is 92.8 Å². The van der Waals surface area contributed by atoms with Gasteiger partial charge in [-0.1, -0.05) is 54.6 Å². The molecule has 1 saturated heterocycles. The molecule has 2 heterocycles. The van der Waals surface area contributed by atoms with Gasteiger partial charge in [0.05, 0.1) is 13.0 Å². The van der Waals surface area contributed by atoms with E-state index in [1.54, 1.807) is 19.1 Å². The molecule has 3 aromatic carbocycles. The lowest BCUT2D eigenvalue weighted by Crippen LogP contribution is -2.51. The summed E-state index contributed by atoms with van der Waals surface area (Å²) in [4.78, 5) is 34.7. The molecule has 2 aliphatic heterocycles. The number of anilines is 1. The largest absolute Gasteiger partial charge is 0.497 e. The van der Waals surface area contributed by atoms with Crippen molar-refractivity contribution >= 4 is 17.7 Å². The number of hydrogen-bond acceptors (Lipinski definition) is 6. The summed E-state index contributed by atoms with van der Waals surface area (Å²) in [5, 5.41) is 0. The second-order valence-corrected chi connectivity index (χ2v) is 14.6. The van der Waals surface area contributed by atoms with Gasteiger partial charge in [-0.3, -0.25) is 4.79 Å². The summed E-state index contributed by atoms with van der Waals surface area (Å²) in [6.07, 6.45) is 3.29. The van der Waals surface area contributed by atoms with E-state index in [0.717, 1.165) is 61.4 Å². The molecule has 0 radical (unpaired) electrons. The van der Waals surface area contributed by atoms with Crippen molar-refractivity contribution in [2.75, 3.05) is 58.5 Å². The number of nitrogens with zero attached hydrogens (tertiary/aromatic N) is 3. The standard InChI is InChI=1S/C40H51N3O5/c1-40(2,3)48-39(45)42-20-18-34(30-22-29(23-33(24-30)47-5)28-12-7-6-8-13-28)36(27-42)38(44)43(32-16-17-32)26-31-25-41(19-11-21-46-4)37-15-10-9-14-35(31)37/h6-10,12-15,22-24,31-32,34,36H,11,16-21,25-27H2,1-5H3/t31?,34-,36?/m1/s1. The third-order valence-electron chi connectivity index (χ3n) is 9.90. The van der Waals surface area contributed by atoms with E-state index in [-0.39, 0.29) is 29.9 Å². The third-order valence-corrected chi connectivity index (χ3v) is 9.90. The van der Waals surface area contributed by atoms with Gasteiger partial charge in [-0.25, -0.2) is 4.79 Å². The number of ether oxygens (including phenoxy) is 3. The zero-order chi connectivity index (χ0) is 33.8. The Kier molecular flexibility index (Phi) is 10.3. The van der Waals surface area contributed by atoms with Crippen LogP contribution in [-0.2, 0) is 14.3 Å². The number of likely N-dealkylation sites (tertiary alicyclic amines) is 1. The quantitative estimate of drug-likeness (QED) is 0.202. The van der Waals surface area contributed by atoms with Crippen LogP contribution in [0.3, 0.4) is 0 Å². The van der Waals surface area contributed by atoms with E-state index >= 15 is 4.79 Å². The van der Waals surface area contributed by atoms with E-state index in [0.29, 0.717) is 26.1 Å². The topological polar surface area (TPSA) is 71.6 Å². The number of carbonyl (C=O) groups excluding carboxylic acids is 2. The predicted molar refractivity (Wildman–Crippen MR) is 190 cm³/mol. The van der Waals surface area contributed by atoms with Gasteiger partial charge in [-0.2, -0.15) is 0 Å². The van der Waals surface area contributed by atoms with Crippen LogP contribution in [0.4, 0.5) is 10.5 Å². The maximum absolute atomic E-state index is 15.0. The summed E-state index contributed by atoms with van der Waals surface area (Å²) in [6.45, 7) is 9.70. The lowest BCUT2D eigenvalue weighted by molar-refractivity contribution is -0.138. The van der Waals surface area contributed by atoms with E-state index < -0.39 is 11.5 Å². The van der Waals surface area contributed by atoms with E-state index in [1.807, 2.05) is 39.0 Å². The van der Waals surface area contributed by atoms with Crippen LogP contribution in [0.2, 0.25) is 0 Å². The first-order valence-corrected chi connectivity index (χ1v) is 17.5. The minimum atomic E-state index is -0.615. The Hall–Kier alpha value is -4.04. The number of amides is 2. The maximum atomic E-state index is 15.0. The molecule has 0 spiro atoms. The summed E-state index contributed by atoms with van der Waals surface area (Å²) in [5.74, 6) is 0.643. The molecule has 3 aliphatic rings. The van der Waals surface area contributed by atoms with Gasteiger partial charge < -0.3 is 28.9 Å². The lowest BCUT2D eigenvalue weighted by Gasteiger charge is -2.41. The number of piperidine rings is 1. The average Bonchev–Trinajstić information content (AvgIpc) is 3.88. The van der Waals surface area contributed by atoms with Crippen molar-refractivity contribution in [3.63, 3.8) is 0 Å². The highest BCUT2D eigenvalue weighted by molar-refractivity contribution is 5.82. The number of rotatable bonds is 11. The zero-order valence-electron chi connectivity index (χ0n) is 29.2. The van der Waals surface area contributed by atoms with Gasteiger partial charge in [0.2, 0.25) is 5.91 Å². The Morgan fingerprint density at radius 1 is 0.896 bits per heavy atom. The van der Waals surface area contributed by atoms with Crippen molar-refractivity contribution in [3.8, 4) is 16.9 Å². The summed E-state index contributed by atoms with van der Waals surface area (Å²) >= 11 is 0. The first kappa shape index (κ1) is 33.8. The van der Waals surface area contributed by atoms with E-state index in [4.69, 9.17) is 14.2 Å². The van der Waals surface area contributed by atoms with Gasteiger partial charge in [0.25, 0.3) is 0 Å². The Morgan fingerprint density at radius 3 is 2.35 bits per heavy atom. The molecule has 6 rings (SSSR count). The minimum Gasteiger partial charge on any atom is -0.497 e. The summed E-state index contributed by atoms with van der Waals surface area (Å²) in [7, 11) is 3.44. The van der Waals surface area contributed by atoms with Crippen LogP contribution < -0.4 is 9.64 Å². The van der Waals surface area contributed by atoms with Crippen molar-refractivity contribution in [2.45, 2.75) is 69.9 Å². The highest BCUT2D eigenvalue weighted by atomic mass is 16.6. The third kappa shape index (κ3) is 7.81. The molecule has 8 heteroatoms. The fraction of sp³-hybridized carbons (Fsp3) is 0.500. The summed E-state index contributed by atoms with van der Waals surface area (Å²) < 4.78 is 16.9. The fourth-order valence-corrected chi connectivity index (χ4v) is 7.45. The molecule has 0 bridgehead atoms. The normalized spacial score (nSPS) is 20.7. The first-order chi connectivity index (χ1) is 23.1. The van der Waals surface area contributed by atoms with Crippen molar-refractivity contribution in [2.24, 2.45) is 5.92 Å². The average molecular weight is 654 g/mol. The highest BCUT2D eigenvalue weighted by Crippen LogP contribution is 2.43. The molecule has 1 saturated carbocycles. The highest BCUT2D eigenvalue weighted by Gasteiger charge is 2.45. The Morgan fingerprint density at radius 2 is 1.65 bits per heavy atom. The second-order valence-electron chi connectivity index (χ2n) is 14.6. The molecule has 2 unspecified atom stereocenters. The lowest BCUT2D eigenvalue weighted by atomic mass is 9.78. The van der Waals surface area contributed by atoms with Crippen LogP contribution in [0.25, 0.3) is 11.1 Å². The Bertz CT molecular complexity index is 1570. The second kappa shape index (κ2) is 14.6. The molecular weight excluding hydrogens is 602 g/mol. The van der Waals surface area contributed by atoms with E-state index in [2.05, 4.69) is 64.4 Å². The smallest absolute Gasteiger partial charge is 0.410 e. The van der Waals surface area contributed by atoms with Gasteiger partial charge in [-0.15, -0.1) is 0 Å². The van der Waals surface area contributed by atoms with Crippen LogP contribution in [-0.4, -0.2) is 87.0 Å². The molecule has 48 heavy (non-hydrogen) atoms. The molecule has 2 amide bonds. The van der Waals surface area contributed by atoms with Crippen LogP contribution in [0.5, 0.6) is 5.75 Å². The Balaban J connectivity index is 1.31. The van der Waals surface area contributed by atoms with Crippen molar-refractivity contribution in [3.05, 3.63) is 83.9 Å². The predicted octanol–water partition coefficient (Wildman–Crippen LogP) is 7.33. The molecule has 8 nitrogen and oxygen atoms in total. The van der Waals surface area contributed by atoms with Crippen LogP contribution in [0.15, 0.2) is 72.8 Å². The number of hydrogen-bond donors (Lipinski definition) is 0. The first-order valence-electron chi connectivity index (χ1n) is 17.5. The van der Waals surface area contributed by atoms with Crippen molar-refractivity contribution < 1.29 is 23.8 Å². The van der Waals surface area contributed by atoms with Crippen LogP contribution >= 0.6 is 0 Å². The monoisotopic (exact) mass is 653 g/mol. The zero-order valence-corrected chi connectivity index (χ0v) is 29.2. The number of fused-ring (bicyclic) bond motifs is 1.